The molecule has 0 saturated carbocycles. The number of carboxylic acids is 1. The van der Waals surface area contributed by atoms with E-state index < -0.39 is 17.9 Å². The normalized spacial score (nSPS) is 12.2. The Kier molecular flexibility index (Phi) is 4.20. The zero-order chi connectivity index (χ0) is 13.0. The number of amides is 1. The summed E-state index contributed by atoms with van der Waals surface area (Å²) >= 11 is 0. The Hall–Kier alpha value is -1.91. The molecule has 0 aliphatic rings. The minimum atomic E-state index is -1.03. The Balaban J connectivity index is 2.77. The fraction of sp³-hybridized carbons (Fsp3) is 0.417. The summed E-state index contributed by atoms with van der Waals surface area (Å²) in [6.07, 6.45) is 1.43. The van der Waals surface area contributed by atoms with Crippen molar-refractivity contribution in [3.8, 4) is 0 Å². The summed E-state index contributed by atoms with van der Waals surface area (Å²) in [5.74, 6) is -1.62. The fourth-order valence-electron chi connectivity index (χ4n) is 1.34. The van der Waals surface area contributed by atoms with E-state index in [9.17, 15) is 9.59 Å². The van der Waals surface area contributed by atoms with E-state index in [1.807, 2.05) is 6.92 Å². The van der Waals surface area contributed by atoms with E-state index in [0.29, 0.717) is 5.56 Å². The third-order valence-corrected chi connectivity index (χ3v) is 2.39. The van der Waals surface area contributed by atoms with Crippen LogP contribution in [0, 0.1) is 12.8 Å². The van der Waals surface area contributed by atoms with Gasteiger partial charge in [0.1, 0.15) is 6.04 Å². The standard InChI is InChI=1S/C12H16N2O3/c1-7(2)10(12(16)17)14-11(15)9-5-4-8(3)13-6-9/h4-7,10H,1-3H3,(H,14,15)(H,16,17)/t10-/m0/s1. The number of pyridine rings is 1. The van der Waals surface area contributed by atoms with Crippen molar-refractivity contribution in [2.24, 2.45) is 5.92 Å². The second kappa shape index (κ2) is 5.43. The Morgan fingerprint density at radius 1 is 1.35 bits per heavy atom. The molecule has 92 valence electrons. The van der Waals surface area contributed by atoms with Crippen molar-refractivity contribution in [3.05, 3.63) is 29.6 Å². The molecule has 0 radical (unpaired) electrons. The van der Waals surface area contributed by atoms with Crippen LogP contribution in [-0.2, 0) is 4.79 Å². The first kappa shape index (κ1) is 13.2. The van der Waals surface area contributed by atoms with Crippen LogP contribution in [0.1, 0.15) is 29.9 Å². The van der Waals surface area contributed by atoms with Crippen molar-refractivity contribution in [2.45, 2.75) is 26.8 Å². The maximum absolute atomic E-state index is 11.8. The van der Waals surface area contributed by atoms with Crippen molar-refractivity contribution in [3.63, 3.8) is 0 Å². The number of carbonyl (C=O) groups is 2. The molecule has 1 amide bonds. The van der Waals surface area contributed by atoms with Gasteiger partial charge in [0, 0.05) is 11.9 Å². The Labute approximate surface area is 99.9 Å². The van der Waals surface area contributed by atoms with Crippen LogP contribution >= 0.6 is 0 Å². The van der Waals surface area contributed by atoms with Crippen LogP contribution in [-0.4, -0.2) is 28.0 Å². The molecule has 1 atom stereocenters. The Morgan fingerprint density at radius 3 is 2.41 bits per heavy atom. The topological polar surface area (TPSA) is 79.3 Å². The molecule has 0 aliphatic carbocycles. The SMILES string of the molecule is Cc1ccc(C(=O)N[C@H](C(=O)O)C(C)C)cn1. The van der Waals surface area contributed by atoms with Gasteiger partial charge in [0.2, 0.25) is 0 Å². The summed E-state index contributed by atoms with van der Waals surface area (Å²) in [7, 11) is 0. The lowest BCUT2D eigenvalue weighted by Gasteiger charge is -2.17. The first-order valence-electron chi connectivity index (χ1n) is 5.38. The number of nitrogens with zero attached hydrogens (tertiary/aromatic N) is 1. The van der Waals surface area contributed by atoms with Crippen LogP contribution in [0.3, 0.4) is 0 Å². The van der Waals surface area contributed by atoms with Crippen molar-refractivity contribution < 1.29 is 14.7 Å². The van der Waals surface area contributed by atoms with Crippen molar-refractivity contribution in [1.29, 1.82) is 0 Å². The number of rotatable bonds is 4. The van der Waals surface area contributed by atoms with Gasteiger partial charge >= 0.3 is 5.97 Å². The molecule has 0 aromatic carbocycles. The van der Waals surface area contributed by atoms with Crippen LogP contribution in [0.15, 0.2) is 18.3 Å². The number of carboxylic acid groups (broad SMARTS) is 1. The number of nitrogens with one attached hydrogen (secondary N) is 1. The van der Waals surface area contributed by atoms with Gasteiger partial charge in [-0.25, -0.2) is 4.79 Å². The molecule has 1 heterocycles. The van der Waals surface area contributed by atoms with Gasteiger partial charge < -0.3 is 10.4 Å². The monoisotopic (exact) mass is 236 g/mol. The largest absolute Gasteiger partial charge is 0.480 e. The van der Waals surface area contributed by atoms with Crippen LogP contribution in [0.25, 0.3) is 0 Å². The maximum Gasteiger partial charge on any atom is 0.326 e. The highest BCUT2D eigenvalue weighted by Gasteiger charge is 2.23. The number of hydrogen-bond acceptors (Lipinski definition) is 3. The van der Waals surface area contributed by atoms with Gasteiger partial charge in [0.05, 0.1) is 5.56 Å². The van der Waals surface area contributed by atoms with Gasteiger partial charge in [-0.2, -0.15) is 0 Å². The number of aromatic nitrogens is 1. The lowest BCUT2D eigenvalue weighted by atomic mass is 10.0. The summed E-state index contributed by atoms with van der Waals surface area (Å²) in [5, 5.41) is 11.4. The van der Waals surface area contributed by atoms with Crippen LogP contribution in [0.2, 0.25) is 0 Å². The molecule has 0 saturated heterocycles. The molecule has 17 heavy (non-hydrogen) atoms. The second-order valence-corrected chi connectivity index (χ2v) is 4.22. The lowest BCUT2D eigenvalue weighted by molar-refractivity contribution is -0.140. The molecule has 0 spiro atoms. The zero-order valence-corrected chi connectivity index (χ0v) is 10.1. The third-order valence-electron chi connectivity index (χ3n) is 2.39. The molecule has 1 aromatic heterocycles. The highest BCUT2D eigenvalue weighted by atomic mass is 16.4. The number of carbonyl (C=O) groups excluding carboxylic acids is 1. The molecule has 5 nitrogen and oxygen atoms in total. The van der Waals surface area contributed by atoms with Gasteiger partial charge in [0.25, 0.3) is 5.91 Å². The summed E-state index contributed by atoms with van der Waals surface area (Å²) in [4.78, 5) is 26.7. The van der Waals surface area contributed by atoms with Gasteiger partial charge in [-0.1, -0.05) is 13.8 Å². The summed E-state index contributed by atoms with van der Waals surface area (Å²) in [6, 6.07) is 2.44. The van der Waals surface area contributed by atoms with Crippen molar-refractivity contribution in [1.82, 2.24) is 10.3 Å². The quantitative estimate of drug-likeness (QED) is 0.824. The highest BCUT2D eigenvalue weighted by molar-refractivity contribution is 5.96. The van der Waals surface area contributed by atoms with Crippen LogP contribution < -0.4 is 5.32 Å². The molecule has 0 aliphatic heterocycles. The van der Waals surface area contributed by atoms with E-state index in [2.05, 4.69) is 10.3 Å². The second-order valence-electron chi connectivity index (χ2n) is 4.22. The average Bonchev–Trinajstić information content (AvgIpc) is 2.25. The van der Waals surface area contributed by atoms with Gasteiger partial charge in [-0.05, 0) is 25.0 Å². The Morgan fingerprint density at radius 2 is 2.00 bits per heavy atom. The van der Waals surface area contributed by atoms with Gasteiger partial charge in [-0.3, -0.25) is 9.78 Å². The molecule has 5 heteroatoms. The molecule has 2 N–H and O–H groups in total. The fourth-order valence-corrected chi connectivity index (χ4v) is 1.34. The van der Waals surface area contributed by atoms with E-state index in [0.717, 1.165) is 5.69 Å². The zero-order valence-electron chi connectivity index (χ0n) is 10.1. The number of aliphatic carboxylic acids is 1. The van der Waals surface area contributed by atoms with E-state index in [4.69, 9.17) is 5.11 Å². The average molecular weight is 236 g/mol. The molecular weight excluding hydrogens is 220 g/mol. The number of hydrogen-bond donors (Lipinski definition) is 2. The minimum absolute atomic E-state index is 0.171. The predicted octanol–water partition coefficient (Wildman–Crippen LogP) is 1.23. The Bertz CT molecular complexity index is 412. The summed E-state index contributed by atoms with van der Waals surface area (Å²) in [6.45, 7) is 5.30. The smallest absolute Gasteiger partial charge is 0.326 e. The molecule has 0 fully saturated rings. The van der Waals surface area contributed by atoms with Crippen molar-refractivity contribution >= 4 is 11.9 Å². The molecular formula is C12H16N2O3. The van der Waals surface area contributed by atoms with Crippen LogP contribution in [0.5, 0.6) is 0 Å². The first-order chi connectivity index (χ1) is 7.91. The van der Waals surface area contributed by atoms with E-state index in [-0.39, 0.29) is 5.92 Å². The maximum atomic E-state index is 11.8. The first-order valence-corrected chi connectivity index (χ1v) is 5.38. The van der Waals surface area contributed by atoms with Crippen LogP contribution in [0.4, 0.5) is 0 Å². The third kappa shape index (κ3) is 3.55. The van der Waals surface area contributed by atoms with Crippen molar-refractivity contribution in [2.75, 3.05) is 0 Å². The highest BCUT2D eigenvalue weighted by Crippen LogP contribution is 2.05. The molecule has 0 unspecified atom stereocenters. The van der Waals surface area contributed by atoms with Gasteiger partial charge in [-0.15, -0.1) is 0 Å². The number of aryl methyl sites for hydroxylation is 1. The summed E-state index contributed by atoms with van der Waals surface area (Å²) < 4.78 is 0. The lowest BCUT2D eigenvalue weighted by Crippen LogP contribution is -2.44. The minimum Gasteiger partial charge on any atom is -0.480 e. The molecule has 1 rings (SSSR count). The van der Waals surface area contributed by atoms with E-state index >= 15 is 0 Å². The van der Waals surface area contributed by atoms with E-state index in [1.54, 1.807) is 26.0 Å². The molecule has 0 bridgehead atoms. The summed E-state index contributed by atoms with van der Waals surface area (Å²) in [5.41, 5.74) is 1.17. The molecule has 1 aromatic rings. The predicted molar refractivity (Wildman–Crippen MR) is 62.7 cm³/mol. The van der Waals surface area contributed by atoms with Gasteiger partial charge in [0.15, 0.2) is 0 Å². The van der Waals surface area contributed by atoms with E-state index in [1.165, 1.54) is 6.20 Å².